The van der Waals surface area contributed by atoms with Gasteiger partial charge in [0.2, 0.25) is 5.91 Å². The van der Waals surface area contributed by atoms with Crippen molar-refractivity contribution >= 4 is 41.3 Å². The number of ether oxygens (including phenoxy) is 2. The third-order valence-corrected chi connectivity index (χ3v) is 5.08. The van der Waals surface area contributed by atoms with Crippen molar-refractivity contribution < 1.29 is 28.8 Å². The number of thioether (sulfide) groups is 1. The maximum absolute atomic E-state index is 12.9. The molecule has 1 aliphatic heterocycles. The number of methoxy groups -OCH3 is 1. The highest BCUT2D eigenvalue weighted by molar-refractivity contribution is 8.04. The van der Waals surface area contributed by atoms with Crippen molar-refractivity contribution in [3.63, 3.8) is 0 Å². The number of carbonyl (C=O) groups excluding carboxylic acids is 3. The van der Waals surface area contributed by atoms with Gasteiger partial charge in [-0.25, -0.2) is 9.69 Å². The number of hydrogen-bond acceptors (Lipinski definition) is 8. The van der Waals surface area contributed by atoms with E-state index < -0.39 is 29.3 Å². The summed E-state index contributed by atoms with van der Waals surface area (Å²) in [5.41, 5.74) is 1.11. The molecule has 1 aliphatic rings. The van der Waals surface area contributed by atoms with Crippen LogP contribution in [0.3, 0.4) is 0 Å². The molecule has 1 heterocycles. The summed E-state index contributed by atoms with van der Waals surface area (Å²) < 4.78 is 10.1. The predicted molar refractivity (Wildman–Crippen MR) is 109 cm³/mol. The molecule has 0 atom stereocenters. The number of amides is 2. The molecule has 2 aromatic carbocycles. The van der Waals surface area contributed by atoms with E-state index in [1.54, 1.807) is 36.4 Å². The molecule has 3 rings (SSSR count). The molecule has 0 fully saturated rings. The van der Waals surface area contributed by atoms with E-state index >= 15 is 0 Å². The molecule has 0 spiro atoms. The van der Waals surface area contributed by atoms with E-state index in [0.29, 0.717) is 26.8 Å². The number of esters is 1. The molecule has 0 bridgehead atoms. The third kappa shape index (κ3) is 4.66. The van der Waals surface area contributed by atoms with Gasteiger partial charge in [-0.1, -0.05) is 23.9 Å². The fraction of sp³-hybridized carbons (Fsp3) is 0.150. The maximum atomic E-state index is 12.9. The largest absolute Gasteiger partial charge is 0.497 e. The maximum Gasteiger partial charge on any atom is 0.383 e. The van der Waals surface area contributed by atoms with Crippen molar-refractivity contribution in [1.82, 2.24) is 0 Å². The lowest BCUT2D eigenvalue weighted by molar-refractivity contribution is -0.469. The molecule has 0 radical (unpaired) electrons. The summed E-state index contributed by atoms with van der Waals surface area (Å²) in [6, 6.07) is 11.2. The zero-order valence-electron chi connectivity index (χ0n) is 16.0. The Balaban J connectivity index is 1.87. The van der Waals surface area contributed by atoms with Crippen molar-refractivity contribution in [2.75, 3.05) is 18.6 Å². The van der Waals surface area contributed by atoms with Crippen molar-refractivity contribution in [1.29, 1.82) is 0 Å². The lowest BCUT2D eigenvalue weighted by Gasteiger charge is -2.28. The molecular formula is C20H16N2O7S. The predicted octanol–water partition coefficient (Wildman–Crippen LogP) is 2.90. The van der Waals surface area contributed by atoms with Crippen LogP contribution in [0.4, 0.5) is 5.69 Å². The molecule has 0 saturated heterocycles. The van der Waals surface area contributed by atoms with Crippen molar-refractivity contribution in [3.8, 4) is 11.5 Å². The van der Waals surface area contributed by atoms with Crippen LogP contribution in [0.15, 0.2) is 52.3 Å². The summed E-state index contributed by atoms with van der Waals surface area (Å²) in [5.74, 6) is -1.10. The number of hydrogen-bond donors (Lipinski definition) is 0. The zero-order valence-corrected chi connectivity index (χ0v) is 16.8. The number of imide groups is 1. The fourth-order valence-electron chi connectivity index (χ4n) is 2.73. The van der Waals surface area contributed by atoms with Crippen LogP contribution >= 0.6 is 11.8 Å². The van der Waals surface area contributed by atoms with Crippen molar-refractivity contribution in [2.24, 2.45) is 0 Å². The first-order valence-electron chi connectivity index (χ1n) is 8.63. The van der Waals surface area contributed by atoms with Crippen LogP contribution in [0.25, 0.3) is 6.08 Å². The van der Waals surface area contributed by atoms with Crippen LogP contribution in [-0.4, -0.2) is 36.4 Å². The van der Waals surface area contributed by atoms with E-state index in [4.69, 9.17) is 9.47 Å². The van der Waals surface area contributed by atoms with Gasteiger partial charge >= 0.3 is 5.97 Å². The highest BCUT2D eigenvalue weighted by atomic mass is 32.2. The molecule has 0 aliphatic carbocycles. The standard InChI is InChI=1S/C20H16N2O7S/c1-12(23)22-16-8-7-15(28-2)10-17(16)30-18(20(22)25)9-13-3-5-14(6-4-13)29-19(24)11-21(26)27/h3-10H,11H2,1-2H3/b18-9-. The second kappa shape index (κ2) is 8.78. The molecule has 2 amide bonds. The summed E-state index contributed by atoms with van der Waals surface area (Å²) >= 11 is 1.21. The van der Waals surface area contributed by atoms with Gasteiger partial charge in [-0.15, -0.1) is 0 Å². The lowest BCUT2D eigenvalue weighted by atomic mass is 10.2. The Morgan fingerprint density at radius 3 is 2.43 bits per heavy atom. The van der Waals surface area contributed by atoms with Crippen LogP contribution in [0.2, 0.25) is 0 Å². The van der Waals surface area contributed by atoms with Gasteiger partial charge in [0.1, 0.15) is 11.5 Å². The van der Waals surface area contributed by atoms with E-state index in [1.807, 2.05) is 0 Å². The Morgan fingerprint density at radius 1 is 1.17 bits per heavy atom. The molecule has 0 aromatic heterocycles. The average Bonchev–Trinajstić information content (AvgIpc) is 2.68. The second-order valence-corrected chi connectivity index (χ2v) is 7.22. The normalized spacial score (nSPS) is 14.3. The van der Waals surface area contributed by atoms with Crippen LogP contribution in [0.1, 0.15) is 12.5 Å². The Labute approximate surface area is 175 Å². The minimum Gasteiger partial charge on any atom is -0.497 e. The number of anilines is 1. The van der Waals surface area contributed by atoms with Gasteiger partial charge in [0, 0.05) is 16.7 Å². The quantitative estimate of drug-likeness (QED) is 0.235. The highest BCUT2D eigenvalue weighted by Crippen LogP contribution is 2.43. The lowest BCUT2D eigenvalue weighted by Crippen LogP contribution is -2.38. The van der Waals surface area contributed by atoms with Gasteiger partial charge in [-0.2, -0.15) is 0 Å². The third-order valence-electron chi connectivity index (χ3n) is 4.02. The molecular weight excluding hydrogens is 412 g/mol. The Kier molecular flexibility index (Phi) is 6.17. The molecule has 9 nitrogen and oxygen atoms in total. The number of fused-ring (bicyclic) bond motifs is 1. The fourth-order valence-corrected chi connectivity index (χ4v) is 3.78. The molecule has 0 N–H and O–H groups in total. The van der Waals surface area contributed by atoms with Crippen molar-refractivity contribution in [3.05, 3.63) is 63.0 Å². The topological polar surface area (TPSA) is 116 Å². The van der Waals surface area contributed by atoms with Crippen LogP contribution in [0.5, 0.6) is 11.5 Å². The van der Waals surface area contributed by atoms with Gasteiger partial charge in [-0.05, 0) is 42.0 Å². The molecule has 0 saturated carbocycles. The van der Waals surface area contributed by atoms with Gasteiger partial charge in [0.05, 0.1) is 17.7 Å². The molecule has 154 valence electrons. The van der Waals surface area contributed by atoms with E-state index in [0.717, 1.165) is 4.90 Å². The van der Waals surface area contributed by atoms with Gasteiger partial charge in [0.15, 0.2) is 0 Å². The van der Waals surface area contributed by atoms with Crippen molar-refractivity contribution in [2.45, 2.75) is 11.8 Å². The molecule has 10 heteroatoms. The SMILES string of the molecule is COc1ccc2c(c1)S/C(=C\c1ccc(OC(=O)C[N+](=O)[O-])cc1)C(=O)N2C(C)=O. The van der Waals surface area contributed by atoms with E-state index in [2.05, 4.69) is 0 Å². The van der Waals surface area contributed by atoms with Crippen LogP contribution < -0.4 is 14.4 Å². The smallest absolute Gasteiger partial charge is 0.383 e. The number of rotatable bonds is 5. The first-order valence-corrected chi connectivity index (χ1v) is 9.45. The molecule has 30 heavy (non-hydrogen) atoms. The Morgan fingerprint density at radius 2 is 1.83 bits per heavy atom. The van der Waals surface area contributed by atoms with Gasteiger partial charge in [0.25, 0.3) is 12.5 Å². The van der Waals surface area contributed by atoms with E-state index in [9.17, 15) is 24.5 Å². The van der Waals surface area contributed by atoms with Gasteiger partial charge in [-0.3, -0.25) is 19.7 Å². The first-order chi connectivity index (χ1) is 14.3. The number of nitro groups is 1. The zero-order chi connectivity index (χ0) is 21.8. The monoisotopic (exact) mass is 428 g/mol. The summed E-state index contributed by atoms with van der Waals surface area (Å²) in [5, 5.41) is 10.3. The highest BCUT2D eigenvalue weighted by Gasteiger charge is 2.32. The summed E-state index contributed by atoms with van der Waals surface area (Å²) in [6.07, 6.45) is 1.61. The minimum atomic E-state index is -0.980. The van der Waals surface area contributed by atoms with Crippen LogP contribution in [-0.2, 0) is 14.4 Å². The second-order valence-electron chi connectivity index (χ2n) is 6.14. The van der Waals surface area contributed by atoms with Gasteiger partial charge < -0.3 is 9.47 Å². The molecule has 2 aromatic rings. The number of carbonyl (C=O) groups is 3. The summed E-state index contributed by atoms with van der Waals surface area (Å²) in [6.45, 7) is 0.383. The Bertz CT molecular complexity index is 1060. The summed E-state index contributed by atoms with van der Waals surface area (Å²) in [7, 11) is 1.53. The Hall–Kier alpha value is -3.66. The average molecular weight is 428 g/mol. The van der Waals surface area contributed by atoms with Crippen LogP contribution in [0, 0.1) is 10.1 Å². The number of nitrogens with zero attached hydrogens (tertiary/aromatic N) is 2. The summed E-state index contributed by atoms with van der Waals surface area (Å²) in [4.78, 5) is 48.0. The molecule has 0 unspecified atom stereocenters. The van der Waals surface area contributed by atoms with E-state index in [-0.39, 0.29) is 5.75 Å². The van der Waals surface area contributed by atoms with E-state index in [1.165, 1.54) is 37.9 Å². The first kappa shape index (κ1) is 21.1. The number of benzene rings is 2. The minimum absolute atomic E-state index is 0.145.